The molecule has 0 amide bonds. The van der Waals surface area contributed by atoms with E-state index in [2.05, 4.69) is 265 Å². The van der Waals surface area contributed by atoms with Crippen LogP contribution in [0.5, 0.6) is 0 Å². The number of halogens is 1. The number of hydrogen-bond acceptors (Lipinski definition) is 2. The SMILES string of the molecule is Brc1ccccc1.c1ccc(-n2c3ccccc3c3c2c2oc4ccccc4c2c2c4ccccc4n(-c4ccccc4)c23)cc1.c1ccc(-n2c3ccccc3c3c4[nH]c5ccccc5c4c4c5ccccc5oc4c32)cc1. The number of nitrogens with zero attached hydrogens (tertiary/aromatic N) is 3. The minimum Gasteiger partial charge on any atom is -0.454 e. The molecule has 0 atom stereocenters. The van der Waals surface area contributed by atoms with E-state index >= 15 is 0 Å². The van der Waals surface area contributed by atoms with Crippen LogP contribution < -0.4 is 0 Å². The van der Waals surface area contributed by atoms with E-state index in [1.807, 2.05) is 36.4 Å². The Morgan fingerprint density at radius 3 is 1.11 bits per heavy atom. The zero-order valence-corrected chi connectivity index (χ0v) is 44.0. The van der Waals surface area contributed by atoms with Crippen LogP contribution in [0.15, 0.2) is 280 Å². The van der Waals surface area contributed by atoms with Gasteiger partial charge in [0.05, 0.1) is 38.6 Å². The zero-order chi connectivity index (χ0) is 52.1. The molecule has 372 valence electrons. The molecule has 6 heterocycles. The molecule has 0 aliphatic rings. The highest BCUT2D eigenvalue weighted by molar-refractivity contribution is 9.10. The first-order valence-corrected chi connectivity index (χ1v) is 27.4. The van der Waals surface area contributed by atoms with E-state index in [0.29, 0.717) is 0 Å². The molecule has 0 fully saturated rings. The number of aromatic nitrogens is 4. The van der Waals surface area contributed by atoms with Gasteiger partial charge in [-0.25, -0.2) is 0 Å². The van der Waals surface area contributed by atoms with Gasteiger partial charge < -0.3 is 27.5 Å². The topological polar surface area (TPSA) is 56.9 Å². The van der Waals surface area contributed by atoms with Gasteiger partial charge in [-0.15, -0.1) is 0 Å². The van der Waals surface area contributed by atoms with Crippen molar-refractivity contribution in [1.82, 2.24) is 18.7 Å². The summed E-state index contributed by atoms with van der Waals surface area (Å²) in [5.74, 6) is 0. The summed E-state index contributed by atoms with van der Waals surface area (Å²) in [4.78, 5) is 3.77. The van der Waals surface area contributed by atoms with Crippen LogP contribution >= 0.6 is 15.9 Å². The molecule has 7 heteroatoms. The maximum Gasteiger partial charge on any atom is 0.160 e. The Morgan fingerprint density at radius 1 is 0.278 bits per heavy atom. The Bertz CT molecular complexity index is 5370. The van der Waals surface area contributed by atoms with Crippen molar-refractivity contribution in [3.8, 4) is 17.1 Å². The van der Waals surface area contributed by atoms with Gasteiger partial charge in [-0.2, -0.15) is 0 Å². The highest BCUT2D eigenvalue weighted by atomic mass is 79.9. The van der Waals surface area contributed by atoms with E-state index in [9.17, 15) is 0 Å². The maximum absolute atomic E-state index is 6.80. The lowest BCUT2D eigenvalue weighted by molar-refractivity contribution is 0.671. The van der Waals surface area contributed by atoms with Crippen LogP contribution in [0.2, 0.25) is 0 Å². The van der Waals surface area contributed by atoms with Gasteiger partial charge in [-0.05, 0) is 84.9 Å². The molecule has 6 nitrogen and oxygen atoms in total. The van der Waals surface area contributed by atoms with Crippen LogP contribution in [-0.4, -0.2) is 18.7 Å². The first-order valence-electron chi connectivity index (χ1n) is 26.6. The molecule has 12 aromatic carbocycles. The fourth-order valence-corrected chi connectivity index (χ4v) is 12.9. The van der Waals surface area contributed by atoms with Gasteiger partial charge in [0.15, 0.2) is 11.2 Å². The van der Waals surface area contributed by atoms with Crippen molar-refractivity contribution in [2.75, 3.05) is 0 Å². The Hall–Kier alpha value is -10.1. The van der Waals surface area contributed by atoms with Crippen molar-refractivity contribution in [2.24, 2.45) is 0 Å². The summed E-state index contributed by atoms with van der Waals surface area (Å²) in [7, 11) is 0. The molecule has 0 radical (unpaired) electrons. The summed E-state index contributed by atoms with van der Waals surface area (Å²) in [6.45, 7) is 0. The number of para-hydroxylation sites is 9. The molecule has 1 N–H and O–H groups in total. The van der Waals surface area contributed by atoms with E-state index in [4.69, 9.17) is 8.83 Å². The van der Waals surface area contributed by atoms with E-state index in [0.717, 1.165) is 82.2 Å². The monoisotopic (exact) mass is 1080 g/mol. The highest BCUT2D eigenvalue weighted by Crippen LogP contribution is 2.50. The Balaban J connectivity index is 0.000000118. The fraction of sp³-hybridized carbons (Fsp3) is 0. The van der Waals surface area contributed by atoms with Crippen molar-refractivity contribution in [1.29, 1.82) is 0 Å². The molecule has 0 aliphatic carbocycles. The molecule has 0 saturated carbocycles. The summed E-state index contributed by atoms with van der Waals surface area (Å²) in [5.41, 5.74) is 16.3. The third kappa shape index (κ3) is 6.83. The average molecular weight is 1080 g/mol. The van der Waals surface area contributed by atoms with Crippen molar-refractivity contribution < 1.29 is 8.83 Å². The maximum atomic E-state index is 6.80. The normalized spacial score (nSPS) is 11.9. The number of fused-ring (bicyclic) bond motifs is 24. The molecule has 18 rings (SSSR count). The number of furan rings is 2. The van der Waals surface area contributed by atoms with Crippen molar-refractivity contribution in [2.45, 2.75) is 0 Å². The second-order valence-electron chi connectivity index (χ2n) is 20.1. The van der Waals surface area contributed by atoms with Crippen molar-refractivity contribution in [3.63, 3.8) is 0 Å². The lowest BCUT2D eigenvalue weighted by Crippen LogP contribution is -1.95. The quantitative estimate of drug-likeness (QED) is 0.192. The molecule has 0 aliphatic heterocycles. The summed E-state index contributed by atoms with van der Waals surface area (Å²) in [6.07, 6.45) is 0. The van der Waals surface area contributed by atoms with Crippen LogP contribution in [0.1, 0.15) is 0 Å². The smallest absolute Gasteiger partial charge is 0.160 e. The standard InChI is InChI=1S/C36H22N2O.C30H18N2O.C6H5Br/c1-3-13-23(14-4-1)37-28-20-10-7-17-25(28)31-32-27-19-9-12-22-30(27)39-36(32)35-33(34(31)37)26-18-8-11-21-29(26)38(35)24-15-5-2-6-16-24;1-2-10-18(11-3-1)32-23-16-8-5-13-20(23)27-28-25(19-12-4-7-15-22(19)31-28)26-21-14-6-9-17-24(21)33-30(26)29(27)32;7-6-4-2-1-3-5-6/h1-22H;1-17,31H;1-5H. The number of nitrogens with one attached hydrogen (secondary N) is 1. The molecule has 79 heavy (non-hydrogen) atoms. The minimum atomic E-state index is 0.905. The summed E-state index contributed by atoms with van der Waals surface area (Å²) in [6, 6.07) is 93.4. The summed E-state index contributed by atoms with van der Waals surface area (Å²) >= 11 is 3.31. The zero-order valence-electron chi connectivity index (χ0n) is 42.4. The van der Waals surface area contributed by atoms with E-state index in [1.165, 1.54) is 70.4 Å². The molecular formula is C72H45BrN4O2. The van der Waals surface area contributed by atoms with Gasteiger partial charge >= 0.3 is 0 Å². The predicted molar refractivity (Wildman–Crippen MR) is 334 cm³/mol. The molecular weight excluding hydrogens is 1030 g/mol. The lowest BCUT2D eigenvalue weighted by Gasteiger charge is -2.10. The third-order valence-electron chi connectivity index (χ3n) is 15.7. The van der Waals surface area contributed by atoms with Crippen molar-refractivity contribution >= 4 is 147 Å². The number of hydrogen-bond donors (Lipinski definition) is 1. The highest BCUT2D eigenvalue weighted by Gasteiger charge is 2.28. The molecule has 0 bridgehead atoms. The first kappa shape index (κ1) is 45.1. The molecule has 0 saturated heterocycles. The van der Waals surface area contributed by atoms with Crippen LogP contribution in [0.25, 0.3) is 148 Å². The summed E-state index contributed by atoms with van der Waals surface area (Å²) in [5, 5.41) is 14.4. The molecule has 18 aromatic rings. The first-order chi connectivity index (χ1) is 39.2. The van der Waals surface area contributed by atoms with Crippen LogP contribution in [-0.2, 0) is 0 Å². The lowest BCUT2D eigenvalue weighted by atomic mass is 10.0. The second kappa shape index (κ2) is 18.0. The Morgan fingerprint density at radius 2 is 0.633 bits per heavy atom. The van der Waals surface area contributed by atoms with Crippen LogP contribution in [0.4, 0.5) is 0 Å². The number of H-pyrrole nitrogens is 1. The van der Waals surface area contributed by atoms with Gasteiger partial charge in [-0.1, -0.05) is 198 Å². The number of aromatic amines is 1. The average Bonchev–Trinajstić information content (AvgIpc) is 3.89. The number of benzene rings is 12. The van der Waals surface area contributed by atoms with Gasteiger partial charge in [-0.3, -0.25) is 0 Å². The van der Waals surface area contributed by atoms with Gasteiger partial charge in [0.2, 0.25) is 0 Å². The molecule has 0 unspecified atom stereocenters. The fourth-order valence-electron chi connectivity index (χ4n) is 12.6. The number of rotatable bonds is 3. The largest absolute Gasteiger partial charge is 0.454 e. The second-order valence-corrected chi connectivity index (χ2v) is 21.0. The van der Waals surface area contributed by atoms with E-state index in [-0.39, 0.29) is 0 Å². The van der Waals surface area contributed by atoms with Gasteiger partial charge in [0.25, 0.3) is 0 Å². The predicted octanol–water partition coefficient (Wildman–Crippen LogP) is 20.5. The van der Waals surface area contributed by atoms with Crippen molar-refractivity contribution in [3.05, 3.63) is 271 Å². The van der Waals surface area contributed by atoms with E-state index < -0.39 is 0 Å². The van der Waals surface area contributed by atoms with Crippen LogP contribution in [0.3, 0.4) is 0 Å². The van der Waals surface area contributed by atoms with Gasteiger partial charge in [0.1, 0.15) is 11.2 Å². The molecule has 0 spiro atoms. The van der Waals surface area contributed by atoms with Gasteiger partial charge in [0, 0.05) is 91.7 Å². The van der Waals surface area contributed by atoms with E-state index in [1.54, 1.807) is 0 Å². The summed E-state index contributed by atoms with van der Waals surface area (Å²) < 4.78 is 21.7. The Labute approximate surface area is 460 Å². The third-order valence-corrected chi connectivity index (χ3v) is 16.2. The molecule has 6 aromatic heterocycles. The minimum absolute atomic E-state index is 0.905. The Kier molecular flexibility index (Phi) is 10.3. The van der Waals surface area contributed by atoms with Crippen LogP contribution in [0, 0.1) is 0 Å².